The highest BCUT2D eigenvalue weighted by Gasteiger charge is 2.25. The summed E-state index contributed by atoms with van der Waals surface area (Å²) in [7, 11) is 0. The molecule has 0 radical (unpaired) electrons. The molecule has 6 heteroatoms. The van der Waals surface area contributed by atoms with Crippen molar-refractivity contribution in [3.63, 3.8) is 0 Å². The van der Waals surface area contributed by atoms with Crippen LogP contribution in [0.3, 0.4) is 0 Å². The SMILES string of the molecule is Cc1ccc(C2CCCN2CCc2cn(CC(=O)O)nn2)cc1. The van der Waals surface area contributed by atoms with Crippen LogP contribution in [-0.4, -0.2) is 44.1 Å². The minimum atomic E-state index is -0.902. The number of hydrogen-bond donors (Lipinski definition) is 1. The molecule has 1 aromatic heterocycles. The third-order valence-corrected chi connectivity index (χ3v) is 4.36. The highest BCUT2D eigenvalue weighted by Crippen LogP contribution is 2.31. The summed E-state index contributed by atoms with van der Waals surface area (Å²) in [6, 6.07) is 9.26. The number of hydrogen-bond acceptors (Lipinski definition) is 4. The van der Waals surface area contributed by atoms with Crippen LogP contribution in [0.25, 0.3) is 0 Å². The highest BCUT2D eigenvalue weighted by molar-refractivity contribution is 5.66. The van der Waals surface area contributed by atoms with Gasteiger partial charge in [-0.25, -0.2) is 4.68 Å². The van der Waals surface area contributed by atoms with E-state index in [9.17, 15) is 4.79 Å². The Hall–Kier alpha value is -2.21. The van der Waals surface area contributed by atoms with Crippen molar-refractivity contribution < 1.29 is 9.90 Å². The van der Waals surface area contributed by atoms with E-state index in [-0.39, 0.29) is 6.54 Å². The van der Waals surface area contributed by atoms with Crippen LogP contribution in [0.5, 0.6) is 0 Å². The standard InChI is InChI=1S/C17H22N4O2/c1-13-4-6-14(7-5-13)16-3-2-9-20(16)10-8-15-11-21(19-18-15)12-17(22)23/h4-7,11,16H,2-3,8-10,12H2,1H3,(H,22,23). The second-order valence-electron chi connectivity index (χ2n) is 6.16. The van der Waals surface area contributed by atoms with Crippen molar-refractivity contribution in [1.29, 1.82) is 0 Å². The molecule has 0 bridgehead atoms. The Kier molecular flexibility index (Phi) is 4.71. The van der Waals surface area contributed by atoms with E-state index in [1.54, 1.807) is 6.20 Å². The first-order valence-electron chi connectivity index (χ1n) is 8.03. The minimum absolute atomic E-state index is 0.136. The Labute approximate surface area is 135 Å². The van der Waals surface area contributed by atoms with Gasteiger partial charge in [0.1, 0.15) is 6.54 Å². The molecule has 1 fully saturated rings. The zero-order valence-electron chi connectivity index (χ0n) is 13.4. The normalized spacial score (nSPS) is 18.4. The summed E-state index contributed by atoms with van der Waals surface area (Å²) in [6.45, 7) is 3.99. The van der Waals surface area contributed by atoms with Gasteiger partial charge in [-0.05, 0) is 31.9 Å². The Balaban J connectivity index is 1.59. The Bertz CT molecular complexity index is 665. The molecule has 1 aliphatic heterocycles. The number of nitrogens with zero attached hydrogens (tertiary/aromatic N) is 4. The van der Waals surface area contributed by atoms with Crippen molar-refractivity contribution in [3.8, 4) is 0 Å². The molecular weight excluding hydrogens is 292 g/mol. The van der Waals surface area contributed by atoms with Gasteiger partial charge in [-0.3, -0.25) is 9.69 Å². The number of aryl methyl sites for hydroxylation is 1. The number of benzene rings is 1. The van der Waals surface area contributed by atoms with E-state index in [1.165, 1.54) is 28.7 Å². The molecule has 1 atom stereocenters. The summed E-state index contributed by atoms with van der Waals surface area (Å²) in [4.78, 5) is 13.2. The molecule has 6 nitrogen and oxygen atoms in total. The van der Waals surface area contributed by atoms with Gasteiger partial charge in [0.2, 0.25) is 0 Å². The molecule has 2 aromatic rings. The fraction of sp³-hybridized carbons (Fsp3) is 0.471. The third-order valence-electron chi connectivity index (χ3n) is 4.36. The van der Waals surface area contributed by atoms with Crippen molar-refractivity contribution in [2.24, 2.45) is 0 Å². The summed E-state index contributed by atoms with van der Waals surface area (Å²) in [6.07, 6.45) is 4.92. The van der Waals surface area contributed by atoms with E-state index >= 15 is 0 Å². The average molecular weight is 314 g/mol. The number of rotatable bonds is 6. The second-order valence-corrected chi connectivity index (χ2v) is 6.16. The maximum atomic E-state index is 10.7. The molecule has 3 rings (SSSR count). The zero-order chi connectivity index (χ0) is 16.2. The van der Waals surface area contributed by atoms with Crippen molar-refractivity contribution in [3.05, 3.63) is 47.3 Å². The van der Waals surface area contributed by atoms with Crippen LogP contribution >= 0.6 is 0 Å². The summed E-state index contributed by atoms with van der Waals surface area (Å²) >= 11 is 0. The third kappa shape index (κ3) is 3.96. The van der Waals surface area contributed by atoms with Gasteiger partial charge in [0.15, 0.2) is 0 Å². The largest absolute Gasteiger partial charge is 0.480 e. The van der Waals surface area contributed by atoms with E-state index in [2.05, 4.69) is 46.4 Å². The van der Waals surface area contributed by atoms with E-state index in [0.29, 0.717) is 6.04 Å². The number of likely N-dealkylation sites (tertiary alicyclic amines) is 1. The monoisotopic (exact) mass is 314 g/mol. The number of carbonyl (C=O) groups is 1. The predicted molar refractivity (Wildman–Crippen MR) is 86.1 cm³/mol. The molecule has 2 heterocycles. The molecule has 0 aliphatic carbocycles. The molecule has 0 amide bonds. The smallest absolute Gasteiger partial charge is 0.325 e. The molecule has 1 N–H and O–H groups in total. The van der Waals surface area contributed by atoms with Crippen molar-refractivity contribution in [2.45, 2.75) is 38.8 Å². The Morgan fingerprint density at radius 2 is 2.13 bits per heavy atom. The first kappa shape index (κ1) is 15.7. The van der Waals surface area contributed by atoms with E-state index < -0.39 is 5.97 Å². The van der Waals surface area contributed by atoms with Gasteiger partial charge in [-0.15, -0.1) is 5.10 Å². The van der Waals surface area contributed by atoms with Crippen molar-refractivity contribution >= 4 is 5.97 Å². The van der Waals surface area contributed by atoms with Crippen LogP contribution in [0, 0.1) is 6.92 Å². The number of carboxylic acids is 1. The lowest BCUT2D eigenvalue weighted by atomic mass is 10.0. The number of aromatic nitrogens is 3. The summed E-state index contributed by atoms with van der Waals surface area (Å²) < 4.78 is 1.37. The molecule has 1 aromatic carbocycles. The Morgan fingerprint density at radius 1 is 1.35 bits per heavy atom. The molecular formula is C17H22N4O2. The molecule has 1 aliphatic rings. The maximum absolute atomic E-state index is 10.7. The summed E-state index contributed by atoms with van der Waals surface area (Å²) in [5.74, 6) is -0.902. The average Bonchev–Trinajstić information content (AvgIpc) is 3.14. The first-order chi connectivity index (χ1) is 11.1. The topological polar surface area (TPSA) is 71.2 Å². The van der Waals surface area contributed by atoms with Gasteiger partial charge >= 0.3 is 5.97 Å². The minimum Gasteiger partial charge on any atom is -0.480 e. The Morgan fingerprint density at radius 3 is 2.87 bits per heavy atom. The molecule has 23 heavy (non-hydrogen) atoms. The van der Waals surface area contributed by atoms with E-state index in [0.717, 1.165) is 25.2 Å². The fourth-order valence-electron chi connectivity index (χ4n) is 3.19. The van der Waals surface area contributed by atoms with Crippen LogP contribution in [0.4, 0.5) is 0 Å². The fourth-order valence-corrected chi connectivity index (χ4v) is 3.19. The second kappa shape index (κ2) is 6.91. The number of aliphatic carboxylic acids is 1. The van der Waals surface area contributed by atoms with E-state index in [4.69, 9.17) is 5.11 Å². The maximum Gasteiger partial charge on any atom is 0.325 e. The van der Waals surface area contributed by atoms with Crippen LogP contribution in [0.1, 0.15) is 35.7 Å². The van der Waals surface area contributed by atoms with Gasteiger partial charge < -0.3 is 5.11 Å². The first-order valence-corrected chi connectivity index (χ1v) is 8.03. The highest BCUT2D eigenvalue weighted by atomic mass is 16.4. The zero-order valence-corrected chi connectivity index (χ0v) is 13.4. The van der Waals surface area contributed by atoms with Crippen LogP contribution in [0.2, 0.25) is 0 Å². The van der Waals surface area contributed by atoms with Crippen molar-refractivity contribution in [2.75, 3.05) is 13.1 Å². The summed E-state index contributed by atoms with van der Waals surface area (Å²) in [5, 5.41) is 16.7. The van der Waals surface area contributed by atoms with Gasteiger partial charge in [-0.2, -0.15) is 0 Å². The summed E-state index contributed by atoms with van der Waals surface area (Å²) in [5.41, 5.74) is 3.51. The van der Waals surface area contributed by atoms with E-state index in [1.807, 2.05) is 0 Å². The van der Waals surface area contributed by atoms with Gasteiger partial charge in [0, 0.05) is 25.2 Å². The van der Waals surface area contributed by atoms with Gasteiger partial charge in [0.05, 0.1) is 5.69 Å². The quantitative estimate of drug-likeness (QED) is 0.883. The van der Waals surface area contributed by atoms with Crippen molar-refractivity contribution in [1.82, 2.24) is 19.9 Å². The molecule has 0 saturated carbocycles. The molecule has 1 saturated heterocycles. The molecule has 0 spiro atoms. The predicted octanol–water partition coefficient (Wildman–Crippen LogP) is 2.05. The molecule has 1 unspecified atom stereocenters. The van der Waals surface area contributed by atoms with Crippen LogP contribution in [0.15, 0.2) is 30.5 Å². The van der Waals surface area contributed by atoms with Crippen LogP contribution in [-0.2, 0) is 17.8 Å². The molecule has 122 valence electrons. The lowest BCUT2D eigenvalue weighted by Crippen LogP contribution is -2.25. The van der Waals surface area contributed by atoms with Crippen LogP contribution < -0.4 is 0 Å². The number of carboxylic acid groups (broad SMARTS) is 1. The lowest BCUT2D eigenvalue weighted by molar-refractivity contribution is -0.137. The van der Waals surface area contributed by atoms with Gasteiger partial charge in [0.25, 0.3) is 0 Å². The lowest BCUT2D eigenvalue weighted by Gasteiger charge is -2.24. The van der Waals surface area contributed by atoms with Gasteiger partial charge in [-0.1, -0.05) is 35.0 Å².